The molecule has 1 aliphatic carbocycles. The highest BCUT2D eigenvalue weighted by Crippen LogP contribution is 2.24. The molecule has 0 saturated carbocycles. The molecule has 0 bridgehead atoms. The third-order valence-electron chi connectivity index (χ3n) is 4.51. The van der Waals surface area contributed by atoms with E-state index >= 15 is 0 Å². The number of nitrogens with zero attached hydrogens (tertiary/aromatic N) is 1. The Morgan fingerprint density at radius 2 is 1.85 bits per heavy atom. The van der Waals surface area contributed by atoms with Gasteiger partial charge in [0.15, 0.2) is 0 Å². The monoisotopic (exact) mass is 349 g/mol. The van der Waals surface area contributed by atoms with Crippen LogP contribution in [0.25, 0.3) is 0 Å². The molecule has 26 heavy (non-hydrogen) atoms. The van der Waals surface area contributed by atoms with Crippen LogP contribution in [0.3, 0.4) is 0 Å². The van der Waals surface area contributed by atoms with Gasteiger partial charge in [0, 0.05) is 18.2 Å². The third kappa shape index (κ3) is 4.11. The van der Waals surface area contributed by atoms with Gasteiger partial charge >= 0.3 is 0 Å². The molecule has 134 valence electrons. The van der Waals surface area contributed by atoms with Gasteiger partial charge in [-0.15, -0.1) is 0 Å². The summed E-state index contributed by atoms with van der Waals surface area (Å²) in [6, 6.07) is 14.5. The number of nitrogens with one attached hydrogen (secondary N) is 1. The molecule has 2 aromatic carbocycles. The topological polar surface area (TPSA) is 75.4 Å². The molecule has 0 aromatic heterocycles. The van der Waals surface area contributed by atoms with E-state index in [1.54, 1.807) is 31.2 Å². The van der Waals surface area contributed by atoms with Crippen molar-refractivity contribution in [2.24, 2.45) is 0 Å². The summed E-state index contributed by atoms with van der Waals surface area (Å²) >= 11 is 0. The van der Waals surface area contributed by atoms with Crippen LogP contribution in [0.1, 0.15) is 42.1 Å². The highest BCUT2D eigenvalue weighted by Gasteiger charge is 2.17. The summed E-state index contributed by atoms with van der Waals surface area (Å²) in [5.74, 6) is -0.170. The maximum absolute atomic E-state index is 12.4. The largest absolute Gasteiger partial charge is 0.397 e. The van der Waals surface area contributed by atoms with E-state index in [9.17, 15) is 9.59 Å². The van der Waals surface area contributed by atoms with Gasteiger partial charge in [0.25, 0.3) is 5.91 Å². The van der Waals surface area contributed by atoms with Crippen molar-refractivity contribution in [3.63, 3.8) is 0 Å². The van der Waals surface area contributed by atoms with Crippen molar-refractivity contribution in [2.75, 3.05) is 11.1 Å². The quantitative estimate of drug-likeness (QED) is 0.803. The van der Waals surface area contributed by atoms with Crippen LogP contribution >= 0.6 is 0 Å². The maximum atomic E-state index is 12.4. The Morgan fingerprint density at radius 1 is 1.12 bits per heavy atom. The lowest BCUT2D eigenvalue weighted by Crippen LogP contribution is -2.26. The molecule has 5 nitrogen and oxygen atoms in total. The van der Waals surface area contributed by atoms with E-state index in [0.717, 1.165) is 30.5 Å². The molecule has 5 heteroatoms. The van der Waals surface area contributed by atoms with Crippen molar-refractivity contribution in [3.8, 4) is 0 Å². The molecule has 0 atom stereocenters. The Labute approximate surface area is 153 Å². The number of benzene rings is 2. The molecule has 0 spiro atoms. The summed E-state index contributed by atoms with van der Waals surface area (Å²) in [7, 11) is 0. The van der Waals surface area contributed by atoms with E-state index < -0.39 is 0 Å². The summed E-state index contributed by atoms with van der Waals surface area (Å²) in [6.07, 6.45) is 5.20. The molecule has 0 unspecified atom stereocenters. The van der Waals surface area contributed by atoms with Gasteiger partial charge in [0.05, 0.1) is 17.9 Å². The Hall–Kier alpha value is -3.08. The number of carbonyl (C=O) groups excluding carboxylic acids is 2. The Morgan fingerprint density at radius 3 is 2.46 bits per heavy atom. The van der Waals surface area contributed by atoms with Gasteiger partial charge in [0.1, 0.15) is 0 Å². The molecular weight excluding hydrogens is 326 g/mol. The van der Waals surface area contributed by atoms with Crippen molar-refractivity contribution in [1.82, 2.24) is 4.90 Å². The molecule has 0 aliphatic heterocycles. The van der Waals surface area contributed by atoms with Gasteiger partial charge in [-0.2, -0.15) is 0 Å². The first-order chi connectivity index (χ1) is 12.5. The van der Waals surface area contributed by atoms with Gasteiger partial charge < -0.3 is 16.0 Å². The second-order valence-corrected chi connectivity index (χ2v) is 6.43. The summed E-state index contributed by atoms with van der Waals surface area (Å²) < 4.78 is 0. The number of nitrogen functional groups attached to an aromatic ring is 1. The SMILES string of the molecule is CC(=O)N(Cc1ccc(C(=O)Nc2ccccc2N)cc1)C1=CCCC1. The third-order valence-corrected chi connectivity index (χ3v) is 4.51. The van der Waals surface area contributed by atoms with Crippen LogP contribution in [0.5, 0.6) is 0 Å². The standard InChI is InChI=1S/C21H23N3O2/c1-15(25)24(18-6-2-3-7-18)14-16-10-12-17(13-11-16)21(26)23-20-9-5-4-8-19(20)22/h4-6,8-13H,2-3,7,14,22H2,1H3,(H,23,26). The van der Waals surface area contributed by atoms with Crippen molar-refractivity contribution in [3.05, 3.63) is 71.4 Å². The van der Waals surface area contributed by atoms with Crippen LogP contribution in [-0.2, 0) is 11.3 Å². The average molecular weight is 349 g/mol. The smallest absolute Gasteiger partial charge is 0.255 e. The number of amides is 2. The van der Waals surface area contributed by atoms with Crippen LogP contribution in [0.4, 0.5) is 11.4 Å². The van der Waals surface area contributed by atoms with Crippen LogP contribution in [0, 0.1) is 0 Å². The summed E-state index contributed by atoms with van der Waals surface area (Å²) in [4.78, 5) is 26.1. The zero-order chi connectivity index (χ0) is 18.5. The number of anilines is 2. The number of rotatable bonds is 5. The van der Waals surface area contributed by atoms with Crippen molar-refractivity contribution in [2.45, 2.75) is 32.7 Å². The molecule has 0 radical (unpaired) electrons. The number of hydrogen-bond acceptors (Lipinski definition) is 3. The fraction of sp³-hybridized carbons (Fsp3) is 0.238. The highest BCUT2D eigenvalue weighted by atomic mass is 16.2. The van der Waals surface area contributed by atoms with E-state index in [1.165, 1.54) is 0 Å². The predicted octanol–water partition coefficient (Wildman–Crippen LogP) is 3.94. The van der Waals surface area contributed by atoms with Crippen LogP contribution in [-0.4, -0.2) is 16.7 Å². The molecule has 0 heterocycles. The molecular formula is C21H23N3O2. The van der Waals surface area contributed by atoms with Gasteiger partial charge in [-0.1, -0.05) is 30.3 Å². The summed E-state index contributed by atoms with van der Waals surface area (Å²) in [6.45, 7) is 2.11. The average Bonchev–Trinajstić information content (AvgIpc) is 3.16. The number of nitrogens with two attached hydrogens (primary N) is 1. The first-order valence-corrected chi connectivity index (χ1v) is 8.76. The second kappa shape index (κ2) is 7.87. The lowest BCUT2D eigenvalue weighted by molar-refractivity contribution is -0.127. The van der Waals surface area contributed by atoms with Crippen LogP contribution in [0.2, 0.25) is 0 Å². The Kier molecular flexibility index (Phi) is 5.37. The van der Waals surface area contributed by atoms with Gasteiger partial charge in [-0.25, -0.2) is 0 Å². The molecule has 2 amide bonds. The Balaban J connectivity index is 1.68. The first kappa shape index (κ1) is 17.7. The van der Waals surface area contributed by atoms with E-state index in [2.05, 4.69) is 11.4 Å². The van der Waals surface area contributed by atoms with Crippen molar-refractivity contribution in [1.29, 1.82) is 0 Å². The van der Waals surface area contributed by atoms with E-state index in [1.807, 2.05) is 29.2 Å². The summed E-state index contributed by atoms with van der Waals surface area (Å²) in [5.41, 5.74) is 9.61. The minimum Gasteiger partial charge on any atom is -0.397 e. The molecule has 2 aromatic rings. The number of allylic oxidation sites excluding steroid dienone is 2. The molecule has 3 N–H and O–H groups in total. The van der Waals surface area contributed by atoms with Crippen molar-refractivity contribution >= 4 is 23.2 Å². The number of hydrogen-bond donors (Lipinski definition) is 2. The van der Waals surface area contributed by atoms with Gasteiger partial charge in [-0.3, -0.25) is 9.59 Å². The zero-order valence-electron chi connectivity index (χ0n) is 14.9. The maximum Gasteiger partial charge on any atom is 0.255 e. The fourth-order valence-corrected chi connectivity index (χ4v) is 3.06. The molecule has 1 aliphatic rings. The zero-order valence-corrected chi connectivity index (χ0v) is 14.9. The molecule has 0 fully saturated rings. The lowest BCUT2D eigenvalue weighted by atomic mass is 10.1. The molecule has 3 rings (SSSR count). The van der Waals surface area contributed by atoms with E-state index in [0.29, 0.717) is 23.5 Å². The van der Waals surface area contributed by atoms with E-state index in [-0.39, 0.29) is 11.8 Å². The molecule has 0 saturated heterocycles. The lowest BCUT2D eigenvalue weighted by Gasteiger charge is -2.22. The van der Waals surface area contributed by atoms with Crippen LogP contribution in [0.15, 0.2) is 60.3 Å². The normalized spacial score (nSPS) is 13.2. The first-order valence-electron chi connectivity index (χ1n) is 8.76. The predicted molar refractivity (Wildman–Crippen MR) is 103 cm³/mol. The van der Waals surface area contributed by atoms with Gasteiger partial charge in [-0.05, 0) is 49.1 Å². The second-order valence-electron chi connectivity index (χ2n) is 6.43. The van der Waals surface area contributed by atoms with E-state index in [4.69, 9.17) is 5.73 Å². The van der Waals surface area contributed by atoms with Crippen LogP contribution < -0.4 is 11.1 Å². The minimum absolute atomic E-state index is 0.0412. The number of para-hydroxylation sites is 2. The fourth-order valence-electron chi connectivity index (χ4n) is 3.06. The number of carbonyl (C=O) groups is 2. The highest BCUT2D eigenvalue weighted by molar-refractivity contribution is 6.05. The minimum atomic E-state index is -0.212. The van der Waals surface area contributed by atoms with Gasteiger partial charge in [0.2, 0.25) is 5.91 Å². The summed E-state index contributed by atoms with van der Waals surface area (Å²) in [5, 5.41) is 2.81. The Bertz CT molecular complexity index is 841. The van der Waals surface area contributed by atoms with Crippen molar-refractivity contribution < 1.29 is 9.59 Å².